The number of amides is 2. The lowest BCUT2D eigenvalue weighted by atomic mass is 9.84. The van der Waals surface area contributed by atoms with Crippen LogP contribution < -0.4 is 4.90 Å². The van der Waals surface area contributed by atoms with Crippen LogP contribution in [0, 0.1) is 36.0 Å². The Labute approximate surface area is 299 Å². The lowest BCUT2D eigenvalue weighted by molar-refractivity contribution is -0.121. The minimum Gasteiger partial charge on any atom is -0.330 e. The fraction of sp³-hybridized carbons (Fsp3) is 0.333. The molecular formula is C39H38F5N3O4S. The van der Waals surface area contributed by atoms with Crippen LogP contribution in [0.25, 0.3) is 0 Å². The number of halogens is 5. The molecule has 0 spiro atoms. The van der Waals surface area contributed by atoms with E-state index >= 15 is 0 Å². The van der Waals surface area contributed by atoms with E-state index in [1.165, 1.54) is 16.9 Å². The number of nitrogens with zero attached hydrogens (tertiary/aromatic N) is 3. The van der Waals surface area contributed by atoms with Gasteiger partial charge in [-0.05, 0) is 73.1 Å². The van der Waals surface area contributed by atoms with Gasteiger partial charge in [0.25, 0.3) is 5.91 Å². The van der Waals surface area contributed by atoms with Gasteiger partial charge in [-0.25, -0.2) is 30.4 Å². The van der Waals surface area contributed by atoms with Crippen LogP contribution in [0.5, 0.6) is 0 Å². The van der Waals surface area contributed by atoms with Gasteiger partial charge in [0.05, 0.1) is 6.54 Å². The van der Waals surface area contributed by atoms with Crippen LogP contribution in [0.15, 0.2) is 71.6 Å². The van der Waals surface area contributed by atoms with Gasteiger partial charge < -0.3 is 9.80 Å². The molecule has 6 rings (SSSR count). The zero-order valence-corrected chi connectivity index (χ0v) is 29.8. The summed E-state index contributed by atoms with van der Waals surface area (Å²) >= 11 is 0. The minimum absolute atomic E-state index is 0.0512. The number of carbonyl (C=O) groups excluding carboxylic acids is 2. The van der Waals surface area contributed by atoms with Crippen molar-refractivity contribution in [1.82, 2.24) is 9.21 Å². The van der Waals surface area contributed by atoms with Gasteiger partial charge in [-0.15, -0.1) is 0 Å². The average molecular weight is 740 g/mol. The van der Waals surface area contributed by atoms with E-state index in [2.05, 4.69) is 0 Å². The number of carbonyl (C=O) groups is 2. The lowest BCUT2D eigenvalue weighted by Gasteiger charge is -2.31. The van der Waals surface area contributed by atoms with Gasteiger partial charge in [-0.1, -0.05) is 73.4 Å². The molecule has 1 aliphatic carbocycles. The van der Waals surface area contributed by atoms with Gasteiger partial charge in [0.2, 0.25) is 21.7 Å². The van der Waals surface area contributed by atoms with E-state index in [0.717, 1.165) is 50.8 Å². The van der Waals surface area contributed by atoms with Crippen molar-refractivity contribution in [2.45, 2.75) is 82.4 Å². The molecule has 274 valence electrons. The Balaban J connectivity index is 1.32. The van der Waals surface area contributed by atoms with E-state index in [1.807, 2.05) is 55.5 Å². The average Bonchev–Trinajstić information content (AvgIpc) is 3.46. The molecule has 1 fully saturated rings. The summed E-state index contributed by atoms with van der Waals surface area (Å²) in [5.41, 5.74) is 5.29. The van der Waals surface area contributed by atoms with E-state index in [-0.39, 0.29) is 23.3 Å². The van der Waals surface area contributed by atoms with Gasteiger partial charge in [0.1, 0.15) is 6.04 Å². The van der Waals surface area contributed by atoms with Crippen molar-refractivity contribution < 1.29 is 40.0 Å². The van der Waals surface area contributed by atoms with Gasteiger partial charge >= 0.3 is 0 Å². The first-order chi connectivity index (χ1) is 24.7. The maximum atomic E-state index is 14.7. The van der Waals surface area contributed by atoms with Gasteiger partial charge in [0, 0.05) is 31.4 Å². The van der Waals surface area contributed by atoms with Gasteiger partial charge in [0.15, 0.2) is 28.2 Å². The number of sulfonamides is 1. The number of likely N-dealkylation sites (N-methyl/N-ethyl adjacent to an activating group) is 1. The fourth-order valence-electron chi connectivity index (χ4n) is 6.93. The Kier molecular flexibility index (Phi) is 10.6. The maximum Gasteiger partial charge on any atom is 0.254 e. The Hall–Kier alpha value is -4.62. The van der Waals surface area contributed by atoms with Crippen molar-refractivity contribution in [1.29, 1.82) is 0 Å². The predicted octanol–water partition coefficient (Wildman–Crippen LogP) is 8.14. The molecule has 1 atom stereocenters. The van der Waals surface area contributed by atoms with Crippen molar-refractivity contribution in [3.05, 3.63) is 129 Å². The smallest absolute Gasteiger partial charge is 0.254 e. The maximum absolute atomic E-state index is 14.7. The number of aryl methyl sites for hydroxylation is 1. The van der Waals surface area contributed by atoms with Gasteiger partial charge in [-0.2, -0.15) is 4.31 Å². The zero-order valence-electron chi connectivity index (χ0n) is 28.9. The highest BCUT2D eigenvalue weighted by Gasteiger charge is 2.40. The Morgan fingerprint density at radius 1 is 0.827 bits per heavy atom. The van der Waals surface area contributed by atoms with Crippen molar-refractivity contribution in [2.75, 3.05) is 11.9 Å². The Morgan fingerprint density at radius 2 is 1.40 bits per heavy atom. The summed E-state index contributed by atoms with van der Waals surface area (Å²) in [6.07, 6.45) is 5.67. The first kappa shape index (κ1) is 37.1. The summed E-state index contributed by atoms with van der Waals surface area (Å²) < 4.78 is 98.3. The minimum atomic E-state index is -5.43. The van der Waals surface area contributed by atoms with E-state index in [1.54, 1.807) is 23.1 Å². The molecule has 0 unspecified atom stereocenters. The molecular weight excluding hydrogens is 702 g/mol. The lowest BCUT2D eigenvalue weighted by Crippen LogP contribution is -2.48. The monoisotopic (exact) mass is 739 g/mol. The highest BCUT2D eigenvalue weighted by atomic mass is 32.2. The molecule has 1 heterocycles. The summed E-state index contributed by atoms with van der Waals surface area (Å²) in [4.78, 5) is 28.5. The number of benzene rings is 4. The molecule has 0 saturated heterocycles. The molecule has 7 nitrogen and oxygen atoms in total. The topological polar surface area (TPSA) is 78.0 Å². The van der Waals surface area contributed by atoms with Crippen molar-refractivity contribution in [2.24, 2.45) is 0 Å². The normalized spacial score (nSPS) is 15.6. The number of anilines is 1. The van der Waals surface area contributed by atoms with E-state index < -0.39 is 56.0 Å². The summed E-state index contributed by atoms with van der Waals surface area (Å²) in [7, 11) is -4.60. The van der Waals surface area contributed by atoms with Crippen molar-refractivity contribution >= 4 is 27.5 Å². The van der Waals surface area contributed by atoms with Crippen LogP contribution in [-0.2, 0) is 34.5 Å². The van der Waals surface area contributed by atoms with Crippen molar-refractivity contribution in [3.63, 3.8) is 0 Å². The van der Waals surface area contributed by atoms with Crippen LogP contribution in [0.2, 0.25) is 0 Å². The molecule has 1 saturated carbocycles. The Bertz CT molecular complexity index is 2090. The zero-order chi connectivity index (χ0) is 37.5. The standard InChI is InChI=1S/C39H38F5N3O4S/c1-23-9-11-25(12-10-23)20-46-22-29-19-30(17-18-31(29)39(46)49)47(21-26-13-15-28(16-14-26)27-7-5-4-6-8-27)38(48)24(2)45(3)52(50,51)37-35(43)33(41)32(40)34(42)36(37)44/h9-19,24,27H,4-8,20-22H2,1-3H3/t24-/m1/s1. The summed E-state index contributed by atoms with van der Waals surface area (Å²) in [5, 5.41) is 0. The first-order valence-electron chi connectivity index (χ1n) is 17.1. The number of rotatable bonds is 10. The van der Waals surface area contributed by atoms with Crippen LogP contribution in [0.3, 0.4) is 0 Å². The Morgan fingerprint density at radius 3 is 2.02 bits per heavy atom. The van der Waals surface area contributed by atoms with Crippen LogP contribution in [0.1, 0.15) is 83.1 Å². The SMILES string of the molecule is Cc1ccc(CN2Cc3cc(N(Cc4ccc(C5CCCCC5)cc4)C(=O)[C@@H](C)N(C)S(=O)(=O)c4c(F)c(F)c(F)c(F)c4F)ccc3C2=O)cc1. The second-order valence-corrected chi connectivity index (χ2v) is 15.5. The molecule has 4 aromatic rings. The quantitative estimate of drug-likeness (QED) is 0.0936. The molecule has 2 amide bonds. The second kappa shape index (κ2) is 14.8. The third-order valence-electron chi connectivity index (χ3n) is 10.1. The molecule has 0 aromatic heterocycles. The molecule has 0 N–H and O–H groups in total. The molecule has 52 heavy (non-hydrogen) atoms. The number of fused-ring (bicyclic) bond motifs is 1. The summed E-state index contributed by atoms with van der Waals surface area (Å²) in [5.74, 6) is -13.0. The number of hydrogen-bond acceptors (Lipinski definition) is 4. The van der Waals surface area contributed by atoms with Crippen LogP contribution in [-0.4, -0.2) is 42.5 Å². The fourth-order valence-corrected chi connectivity index (χ4v) is 8.36. The molecule has 2 aliphatic rings. The van der Waals surface area contributed by atoms with Crippen LogP contribution in [0.4, 0.5) is 27.6 Å². The predicted molar refractivity (Wildman–Crippen MR) is 185 cm³/mol. The van der Waals surface area contributed by atoms with E-state index in [9.17, 15) is 40.0 Å². The summed E-state index contributed by atoms with van der Waals surface area (Å²) in [6, 6.07) is 18.7. The van der Waals surface area contributed by atoms with Gasteiger partial charge in [-0.3, -0.25) is 9.59 Å². The molecule has 0 bridgehead atoms. The third-order valence-corrected chi connectivity index (χ3v) is 12.1. The third kappa shape index (κ3) is 7.08. The first-order valence-corrected chi connectivity index (χ1v) is 18.5. The van der Waals surface area contributed by atoms with Crippen LogP contribution >= 0.6 is 0 Å². The number of hydrogen-bond donors (Lipinski definition) is 0. The largest absolute Gasteiger partial charge is 0.330 e. The molecule has 4 aromatic carbocycles. The van der Waals surface area contributed by atoms with E-state index in [4.69, 9.17) is 0 Å². The molecule has 0 radical (unpaired) electrons. The highest BCUT2D eigenvalue weighted by molar-refractivity contribution is 7.89. The summed E-state index contributed by atoms with van der Waals surface area (Å²) in [6.45, 7) is 3.68. The van der Waals surface area contributed by atoms with Crippen molar-refractivity contribution in [3.8, 4) is 0 Å². The molecule has 13 heteroatoms. The highest BCUT2D eigenvalue weighted by Crippen LogP contribution is 2.35. The van der Waals surface area contributed by atoms with E-state index in [0.29, 0.717) is 34.8 Å². The molecule has 1 aliphatic heterocycles. The second-order valence-electron chi connectivity index (χ2n) is 13.6.